The van der Waals surface area contributed by atoms with E-state index in [4.69, 9.17) is 10.8 Å². The van der Waals surface area contributed by atoms with Crippen LogP contribution in [-0.4, -0.2) is 47.3 Å². The summed E-state index contributed by atoms with van der Waals surface area (Å²) in [5.41, 5.74) is 10.9. The first-order chi connectivity index (χ1) is 11.2. The number of anilines is 2. The van der Waals surface area contributed by atoms with E-state index in [-0.39, 0.29) is 12.4 Å². The number of likely N-dealkylation sites (tertiary alicyclic amines) is 1. The van der Waals surface area contributed by atoms with Crippen molar-refractivity contribution in [3.63, 3.8) is 0 Å². The van der Waals surface area contributed by atoms with Gasteiger partial charge in [0.15, 0.2) is 5.82 Å². The molecule has 4 rings (SSSR count). The minimum Gasteiger partial charge on any atom is -1.00 e. The van der Waals surface area contributed by atoms with E-state index in [1.54, 1.807) is 0 Å². The molecule has 1 saturated heterocycles. The van der Waals surface area contributed by atoms with Crippen LogP contribution in [-0.2, 0) is 12.8 Å². The van der Waals surface area contributed by atoms with Crippen LogP contribution in [0.2, 0.25) is 0 Å². The lowest BCUT2D eigenvalue weighted by molar-refractivity contribution is -0.912. The third kappa shape index (κ3) is 3.07. The largest absolute Gasteiger partial charge is 1.00 e. The summed E-state index contributed by atoms with van der Waals surface area (Å²) in [6.45, 7) is 4.68. The van der Waals surface area contributed by atoms with Crippen molar-refractivity contribution in [2.24, 2.45) is 0 Å². The van der Waals surface area contributed by atoms with E-state index in [2.05, 4.69) is 29.0 Å². The fourth-order valence-electron chi connectivity index (χ4n) is 4.24. The summed E-state index contributed by atoms with van der Waals surface area (Å²) in [6, 6.07) is 4.34. The number of quaternary nitrogens is 1. The molecule has 0 aromatic carbocycles. The quantitative estimate of drug-likeness (QED) is 0.728. The Balaban J connectivity index is 0.00000169. The number of halogens is 1. The molecule has 0 amide bonds. The van der Waals surface area contributed by atoms with Crippen molar-refractivity contribution in [3.05, 3.63) is 23.4 Å². The molecule has 1 aliphatic carbocycles. The lowest BCUT2D eigenvalue weighted by Gasteiger charge is -2.37. The first-order valence-corrected chi connectivity index (χ1v) is 9.03. The normalized spacial score (nSPS) is 19.0. The van der Waals surface area contributed by atoms with Crippen LogP contribution >= 0.6 is 0 Å². The average Bonchev–Trinajstić information content (AvgIpc) is 3.13. The van der Waals surface area contributed by atoms with Gasteiger partial charge in [0.2, 0.25) is 0 Å². The van der Waals surface area contributed by atoms with Crippen molar-refractivity contribution in [1.29, 1.82) is 0 Å². The Morgan fingerprint density at radius 1 is 1.17 bits per heavy atom. The minimum atomic E-state index is 0. The fourth-order valence-corrected chi connectivity index (χ4v) is 4.24. The van der Waals surface area contributed by atoms with Gasteiger partial charge >= 0.3 is 0 Å². The predicted octanol–water partition coefficient (Wildman–Crippen LogP) is -0.548. The van der Waals surface area contributed by atoms with Crippen molar-refractivity contribution < 1.29 is 16.9 Å². The summed E-state index contributed by atoms with van der Waals surface area (Å²) in [7, 11) is 2.38. The first kappa shape index (κ1) is 17.4. The lowest BCUT2D eigenvalue weighted by atomic mass is 10.1. The number of nitrogens with one attached hydrogen (secondary N) is 1. The molecular formula is C18H28ClN5. The van der Waals surface area contributed by atoms with Gasteiger partial charge in [0.25, 0.3) is 0 Å². The molecule has 2 aliphatic rings. The highest BCUT2D eigenvalue weighted by Crippen LogP contribution is 2.29. The molecular weight excluding hydrogens is 322 g/mol. The Morgan fingerprint density at radius 3 is 2.75 bits per heavy atom. The molecule has 1 aliphatic heterocycles. The van der Waals surface area contributed by atoms with E-state index >= 15 is 0 Å². The van der Waals surface area contributed by atoms with Crippen LogP contribution in [0.3, 0.4) is 0 Å². The first-order valence-electron chi connectivity index (χ1n) is 9.03. The zero-order valence-electron chi connectivity index (χ0n) is 14.5. The molecule has 2 aromatic rings. The SMILES string of the molecule is C[N+]1(CCNc2nn3c4c(ccc3c2N)CCC4)CCCCC1.[Cl-]. The molecule has 6 heteroatoms. The number of likely N-dealkylation sites (N-methyl/N-ethyl adjacent to an activating group) is 1. The molecule has 5 nitrogen and oxygen atoms in total. The molecule has 1 fully saturated rings. The molecule has 132 valence electrons. The van der Waals surface area contributed by atoms with E-state index in [0.29, 0.717) is 0 Å². The molecule has 0 spiro atoms. The number of nitrogens with two attached hydrogens (primary N) is 1. The fraction of sp³-hybridized carbons (Fsp3) is 0.611. The maximum absolute atomic E-state index is 6.33. The summed E-state index contributed by atoms with van der Waals surface area (Å²) < 4.78 is 3.24. The standard InChI is InChI=1S/C18H28N5.ClH/c1-23(11-3-2-4-12-23)13-10-20-18-17(19)16-9-8-14-6-5-7-15(14)22(16)21-18;/h8-9H,2-7,10-13,19H2,1H3,(H,20,21);1H/q+1;/p-1. The van der Waals surface area contributed by atoms with Crippen LogP contribution < -0.4 is 23.5 Å². The zero-order chi connectivity index (χ0) is 15.9. The van der Waals surface area contributed by atoms with Gasteiger partial charge in [-0.25, -0.2) is 4.52 Å². The summed E-state index contributed by atoms with van der Waals surface area (Å²) in [5, 5.41) is 8.26. The number of pyridine rings is 1. The van der Waals surface area contributed by atoms with Crippen LogP contribution in [0.1, 0.15) is 36.9 Å². The van der Waals surface area contributed by atoms with Crippen molar-refractivity contribution >= 4 is 17.0 Å². The number of piperidine rings is 1. The molecule has 0 saturated carbocycles. The molecule has 0 bridgehead atoms. The van der Waals surface area contributed by atoms with Gasteiger partial charge in [-0.3, -0.25) is 0 Å². The number of hydrogen-bond donors (Lipinski definition) is 2. The second-order valence-corrected chi connectivity index (χ2v) is 7.50. The molecule has 0 radical (unpaired) electrons. The van der Waals surface area contributed by atoms with Crippen molar-refractivity contribution in [3.8, 4) is 0 Å². The molecule has 3 N–H and O–H groups in total. The number of fused-ring (bicyclic) bond motifs is 3. The van der Waals surface area contributed by atoms with Crippen LogP contribution in [0, 0.1) is 0 Å². The highest BCUT2D eigenvalue weighted by molar-refractivity contribution is 5.81. The topological polar surface area (TPSA) is 55.4 Å². The molecule has 0 atom stereocenters. The van der Waals surface area contributed by atoms with Crippen molar-refractivity contribution in [2.45, 2.75) is 38.5 Å². The highest BCUT2D eigenvalue weighted by atomic mass is 35.5. The van der Waals surface area contributed by atoms with Crippen LogP contribution in [0.15, 0.2) is 12.1 Å². The Labute approximate surface area is 150 Å². The summed E-state index contributed by atoms with van der Waals surface area (Å²) in [4.78, 5) is 0. The van der Waals surface area contributed by atoms with Crippen LogP contribution in [0.4, 0.5) is 11.5 Å². The average molecular weight is 350 g/mol. The number of nitrogen functional groups attached to an aromatic ring is 1. The van der Waals surface area contributed by atoms with Crippen molar-refractivity contribution in [1.82, 2.24) is 9.61 Å². The van der Waals surface area contributed by atoms with Gasteiger partial charge in [-0.05, 0) is 50.2 Å². The van der Waals surface area contributed by atoms with Crippen LogP contribution in [0.25, 0.3) is 5.52 Å². The van der Waals surface area contributed by atoms with Crippen molar-refractivity contribution in [2.75, 3.05) is 44.3 Å². The zero-order valence-corrected chi connectivity index (χ0v) is 15.3. The minimum absolute atomic E-state index is 0. The summed E-state index contributed by atoms with van der Waals surface area (Å²) >= 11 is 0. The third-order valence-corrected chi connectivity index (χ3v) is 5.73. The molecule has 24 heavy (non-hydrogen) atoms. The highest BCUT2D eigenvalue weighted by Gasteiger charge is 2.24. The number of aryl methyl sites for hydroxylation is 2. The third-order valence-electron chi connectivity index (χ3n) is 5.73. The second-order valence-electron chi connectivity index (χ2n) is 7.50. The van der Waals surface area contributed by atoms with E-state index in [0.717, 1.165) is 36.5 Å². The maximum atomic E-state index is 6.33. The van der Waals surface area contributed by atoms with Gasteiger partial charge in [-0.1, -0.05) is 6.07 Å². The Morgan fingerprint density at radius 2 is 1.96 bits per heavy atom. The lowest BCUT2D eigenvalue weighted by Crippen LogP contribution is -3.00. The number of hydrogen-bond acceptors (Lipinski definition) is 3. The molecule has 2 aromatic heterocycles. The number of rotatable bonds is 4. The monoisotopic (exact) mass is 349 g/mol. The Bertz CT molecular complexity index is 718. The Kier molecular flexibility index (Phi) is 4.92. The molecule has 3 heterocycles. The van der Waals surface area contributed by atoms with Crippen LogP contribution in [0.5, 0.6) is 0 Å². The van der Waals surface area contributed by atoms with Gasteiger partial charge in [0, 0.05) is 5.69 Å². The maximum Gasteiger partial charge on any atom is 0.172 e. The van der Waals surface area contributed by atoms with E-state index < -0.39 is 0 Å². The van der Waals surface area contributed by atoms with Gasteiger partial charge in [0.05, 0.1) is 38.7 Å². The predicted molar refractivity (Wildman–Crippen MR) is 94.8 cm³/mol. The van der Waals surface area contributed by atoms with Gasteiger partial charge in [-0.15, -0.1) is 5.10 Å². The van der Waals surface area contributed by atoms with Gasteiger partial charge < -0.3 is 27.9 Å². The smallest absolute Gasteiger partial charge is 0.172 e. The number of nitrogens with zero attached hydrogens (tertiary/aromatic N) is 3. The van der Waals surface area contributed by atoms with E-state index in [1.807, 2.05) is 0 Å². The van der Waals surface area contributed by atoms with Gasteiger partial charge in [0.1, 0.15) is 5.69 Å². The Hall–Kier alpha value is -1.46. The second kappa shape index (κ2) is 6.81. The summed E-state index contributed by atoms with van der Waals surface area (Å²) in [5.74, 6) is 0.855. The number of aromatic nitrogens is 2. The van der Waals surface area contributed by atoms with E-state index in [1.165, 1.54) is 60.9 Å². The molecule has 0 unspecified atom stereocenters. The van der Waals surface area contributed by atoms with E-state index in [9.17, 15) is 0 Å². The van der Waals surface area contributed by atoms with Gasteiger partial charge in [-0.2, -0.15) is 0 Å². The summed E-state index contributed by atoms with van der Waals surface area (Å²) in [6.07, 6.45) is 7.63.